The van der Waals surface area contributed by atoms with Gasteiger partial charge in [-0.3, -0.25) is 9.47 Å². The Hall–Kier alpha value is -1.98. The molecule has 1 aromatic carbocycles. The predicted molar refractivity (Wildman–Crippen MR) is 89.2 cm³/mol. The molecule has 4 rings (SSSR count). The van der Waals surface area contributed by atoms with Gasteiger partial charge in [0.25, 0.3) is 0 Å². The number of hydrogen-bond acceptors (Lipinski definition) is 2. The molecule has 0 radical (unpaired) electrons. The molecule has 3 aromatic rings. The smallest absolute Gasteiger partial charge is 0.335 e. The van der Waals surface area contributed by atoms with Crippen LogP contribution in [0.25, 0.3) is 10.9 Å². The van der Waals surface area contributed by atoms with Crippen LogP contribution in [0.4, 0.5) is 10.6 Å². The number of aromatic nitrogens is 3. The zero-order valence-electron chi connectivity index (χ0n) is 12.1. The molecular weight excluding hydrogens is 323 g/mol. The second-order valence-electron chi connectivity index (χ2n) is 5.26. The SMILES string of the molecule is Cc1[nH]cnc1N1Cc2c(C)c3c(Cl)cccc3n2C1=O.Cl. The molecule has 0 bridgehead atoms. The third-order valence-electron chi connectivity index (χ3n) is 4.10. The van der Waals surface area contributed by atoms with Gasteiger partial charge in [-0.25, -0.2) is 9.78 Å². The highest BCUT2D eigenvalue weighted by molar-refractivity contribution is 6.36. The number of halogens is 2. The van der Waals surface area contributed by atoms with Crippen LogP contribution in [-0.4, -0.2) is 20.6 Å². The molecule has 0 atom stereocenters. The second-order valence-corrected chi connectivity index (χ2v) is 5.67. The van der Waals surface area contributed by atoms with Gasteiger partial charge in [-0.15, -0.1) is 12.4 Å². The molecule has 1 aliphatic heterocycles. The first-order chi connectivity index (χ1) is 10.1. The summed E-state index contributed by atoms with van der Waals surface area (Å²) in [6.07, 6.45) is 1.60. The lowest BCUT2D eigenvalue weighted by Crippen LogP contribution is -2.26. The lowest BCUT2D eigenvalue weighted by atomic mass is 10.1. The molecule has 2 aromatic heterocycles. The zero-order chi connectivity index (χ0) is 14.7. The van der Waals surface area contributed by atoms with Crippen LogP contribution in [0.1, 0.15) is 17.0 Å². The topological polar surface area (TPSA) is 53.9 Å². The number of aryl methyl sites for hydroxylation is 2. The monoisotopic (exact) mass is 336 g/mol. The van der Waals surface area contributed by atoms with Gasteiger partial charge in [0.05, 0.1) is 34.8 Å². The van der Waals surface area contributed by atoms with Gasteiger partial charge in [0, 0.05) is 5.39 Å². The van der Waals surface area contributed by atoms with E-state index < -0.39 is 0 Å². The van der Waals surface area contributed by atoms with E-state index in [2.05, 4.69) is 9.97 Å². The largest absolute Gasteiger partial charge is 0.347 e. The molecule has 1 amide bonds. The van der Waals surface area contributed by atoms with Gasteiger partial charge in [0.1, 0.15) is 0 Å². The van der Waals surface area contributed by atoms with Crippen molar-refractivity contribution in [1.82, 2.24) is 14.5 Å². The summed E-state index contributed by atoms with van der Waals surface area (Å²) in [4.78, 5) is 21.7. The van der Waals surface area contributed by atoms with Crippen molar-refractivity contribution in [3.8, 4) is 0 Å². The van der Waals surface area contributed by atoms with Crippen molar-refractivity contribution in [2.24, 2.45) is 0 Å². The van der Waals surface area contributed by atoms with Gasteiger partial charge in [0.2, 0.25) is 0 Å². The molecule has 7 heteroatoms. The van der Waals surface area contributed by atoms with E-state index >= 15 is 0 Å². The van der Waals surface area contributed by atoms with E-state index in [0.29, 0.717) is 17.4 Å². The number of imidazole rings is 1. The maximum atomic E-state index is 12.8. The molecule has 22 heavy (non-hydrogen) atoms. The van der Waals surface area contributed by atoms with Crippen LogP contribution in [0.15, 0.2) is 24.5 Å². The minimum absolute atomic E-state index is 0. The van der Waals surface area contributed by atoms with Gasteiger partial charge < -0.3 is 4.98 Å². The summed E-state index contributed by atoms with van der Waals surface area (Å²) < 4.78 is 1.74. The molecule has 0 saturated heterocycles. The Labute approximate surface area is 138 Å². The fraction of sp³-hybridized carbons (Fsp3) is 0.200. The van der Waals surface area contributed by atoms with Crippen molar-refractivity contribution in [3.63, 3.8) is 0 Å². The Morgan fingerprint density at radius 1 is 1.32 bits per heavy atom. The number of nitrogens with zero attached hydrogens (tertiary/aromatic N) is 3. The van der Waals surface area contributed by atoms with E-state index in [-0.39, 0.29) is 18.4 Å². The summed E-state index contributed by atoms with van der Waals surface area (Å²) in [6, 6.07) is 5.57. The second kappa shape index (κ2) is 5.04. The lowest BCUT2D eigenvalue weighted by molar-refractivity contribution is 0.251. The first-order valence-electron chi connectivity index (χ1n) is 6.70. The molecule has 1 N–H and O–H groups in total. The van der Waals surface area contributed by atoms with Crippen LogP contribution in [0.2, 0.25) is 5.02 Å². The van der Waals surface area contributed by atoms with E-state index in [4.69, 9.17) is 11.6 Å². The number of hydrogen-bond donors (Lipinski definition) is 1. The summed E-state index contributed by atoms with van der Waals surface area (Å²) in [6.45, 7) is 4.43. The van der Waals surface area contributed by atoms with Crippen molar-refractivity contribution in [2.45, 2.75) is 20.4 Å². The van der Waals surface area contributed by atoms with Crippen LogP contribution in [0.5, 0.6) is 0 Å². The fourth-order valence-corrected chi connectivity index (χ4v) is 3.37. The molecule has 114 valence electrons. The van der Waals surface area contributed by atoms with Gasteiger partial charge in [-0.05, 0) is 31.5 Å². The van der Waals surface area contributed by atoms with E-state index in [1.165, 1.54) is 0 Å². The Morgan fingerprint density at radius 2 is 2.09 bits per heavy atom. The molecule has 0 aliphatic carbocycles. The number of rotatable bonds is 1. The molecule has 5 nitrogen and oxygen atoms in total. The molecular formula is C15H14Cl2N4O. The Bertz CT molecular complexity index is 896. The van der Waals surface area contributed by atoms with Crippen LogP contribution < -0.4 is 4.90 Å². The molecule has 1 aliphatic rings. The van der Waals surface area contributed by atoms with Crippen molar-refractivity contribution in [3.05, 3.63) is 46.5 Å². The molecule has 0 spiro atoms. The third kappa shape index (κ3) is 1.79. The summed E-state index contributed by atoms with van der Waals surface area (Å²) in [5.41, 5.74) is 3.77. The predicted octanol–water partition coefficient (Wildman–Crippen LogP) is 4.04. The molecule has 0 fully saturated rings. The number of carbonyl (C=O) groups excluding carboxylic acids is 1. The van der Waals surface area contributed by atoms with Crippen molar-refractivity contribution in [1.29, 1.82) is 0 Å². The average molecular weight is 337 g/mol. The van der Waals surface area contributed by atoms with E-state index in [1.807, 2.05) is 32.0 Å². The van der Waals surface area contributed by atoms with Crippen molar-refractivity contribution >= 4 is 46.8 Å². The fourth-order valence-electron chi connectivity index (χ4n) is 3.06. The van der Waals surface area contributed by atoms with E-state index in [1.54, 1.807) is 15.8 Å². The van der Waals surface area contributed by atoms with Crippen molar-refractivity contribution in [2.75, 3.05) is 4.90 Å². The number of anilines is 1. The number of fused-ring (bicyclic) bond motifs is 3. The van der Waals surface area contributed by atoms with Gasteiger partial charge >= 0.3 is 6.03 Å². The minimum atomic E-state index is -0.0828. The van der Waals surface area contributed by atoms with Gasteiger partial charge in [-0.2, -0.15) is 0 Å². The van der Waals surface area contributed by atoms with E-state index in [9.17, 15) is 4.79 Å². The third-order valence-corrected chi connectivity index (χ3v) is 4.41. The maximum Gasteiger partial charge on any atom is 0.335 e. The number of benzene rings is 1. The number of amides is 1. The quantitative estimate of drug-likeness (QED) is 0.728. The number of nitrogens with one attached hydrogen (secondary N) is 1. The summed E-state index contributed by atoms with van der Waals surface area (Å²) in [5.74, 6) is 0.679. The number of carbonyl (C=O) groups is 1. The van der Waals surface area contributed by atoms with Crippen LogP contribution in [-0.2, 0) is 6.54 Å². The van der Waals surface area contributed by atoms with Crippen LogP contribution in [0.3, 0.4) is 0 Å². The highest BCUT2D eigenvalue weighted by Crippen LogP contribution is 2.36. The average Bonchev–Trinajstić information content (AvgIpc) is 3.08. The zero-order valence-corrected chi connectivity index (χ0v) is 13.6. The summed E-state index contributed by atoms with van der Waals surface area (Å²) in [5, 5.41) is 1.64. The van der Waals surface area contributed by atoms with Gasteiger partial charge in [-0.1, -0.05) is 17.7 Å². The van der Waals surface area contributed by atoms with Crippen LogP contribution in [0, 0.1) is 13.8 Å². The first kappa shape index (κ1) is 14.9. The standard InChI is InChI=1S/C15H13ClN4O.ClH/c1-8-12-6-19(14-9(2)17-7-18-14)15(21)20(12)11-5-3-4-10(16)13(8)11;/h3-5,7H,6H2,1-2H3,(H,17,18);1H. The van der Waals surface area contributed by atoms with E-state index in [0.717, 1.165) is 27.9 Å². The highest BCUT2D eigenvalue weighted by atomic mass is 35.5. The summed E-state index contributed by atoms with van der Waals surface area (Å²) in [7, 11) is 0. The van der Waals surface area contributed by atoms with Crippen molar-refractivity contribution < 1.29 is 4.79 Å². The molecule has 0 saturated carbocycles. The lowest BCUT2D eigenvalue weighted by Gasteiger charge is -2.13. The normalized spacial score (nSPS) is 13.6. The maximum absolute atomic E-state index is 12.8. The highest BCUT2D eigenvalue weighted by Gasteiger charge is 2.34. The Morgan fingerprint density at radius 3 is 2.77 bits per heavy atom. The Kier molecular flexibility index (Phi) is 3.42. The number of aromatic amines is 1. The minimum Gasteiger partial charge on any atom is -0.347 e. The molecule has 0 unspecified atom stereocenters. The molecule has 3 heterocycles. The van der Waals surface area contributed by atoms with Crippen LogP contribution >= 0.6 is 24.0 Å². The summed E-state index contributed by atoms with van der Waals surface area (Å²) >= 11 is 6.28. The number of H-pyrrole nitrogens is 1. The first-order valence-corrected chi connectivity index (χ1v) is 7.07. The Balaban J connectivity index is 0.00000144. The van der Waals surface area contributed by atoms with Gasteiger partial charge in [0.15, 0.2) is 5.82 Å².